The molecule has 0 atom stereocenters. The van der Waals surface area contributed by atoms with Crippen LogP contribution in [0.3, 0.4) is 0 Å². The maximum Gasteiger partial charge on any atom is 0.230 e. The molecule has 1 N–H and O–H groups in total. The van der Waals surface area contributed by atoms with Gasteiger partial charge in [-0.3, -0.25) is 9.20 Å². The van der Waals surface area contributed by atoms with E-state index in [1.165, 1.54) is 11.3 Å². The molecule has 31 heavy (non-hydrogen) atoms. The van der Waals surface area contributed by atoms with Crippen molar-refractivity contribution in [3.05, 3.63) is 65.3 Å². The fourth-order valence-corrected chi connectivity index (χ4v) is 4.45. The Morgan fingerprint density at radius 3 is 2.71 bits per heavy atom. The van der Waals surface area contributed by atoms with E-state index in [2.05, 4.69) is 19.2 Å². The number of rotatable bonds is 7. The lowest BCUT2D eigenvalue weighted by atomic mass is 10.0. The molecule has 4 rings (SSSR count). The zero-order chi connectivity index (χ0) is 22.0. The van der Waals surface area contributed by atoms with Crippen LogP contribution in [0.5, 0.6) is 11.5 Å². The first kappa shape index (κ1) is 20.9. The molecule has 6 nitrogen and oxygen atoms in total. The van der Waals surface area contributed by atoms with E-state index in [1.807, 2.05) is 58.4 Å². The minimum Gasteiger partial charge on any atom is -0.497 e. The number of thiazole rings is 1. The highest BCUT2D eigenvalue weighted by Crippen LogP contribution is 2.34. The predicted molar refractivity (Wildman–Crippen MR) is 124 cm³/mol. The molecule has 0 spiro atoms. The summed E-state index contributed by atoms with van der Waals surface area (Å²) in [6, 6.07) is 13.5. The maximum absolute atomic E-state index is 12.8. The van der Waals surface area contributed by atoms with Gasteiger partial charge in [0.05, 0.1) is 26.3 Å². The Bertz CT molecular complexity index is 1230. The van der Waals surface area contributed by atoms with Crippen molar-refractivity contribution in [3.63, 3.8) is 0 Å². The van der Waals surface area contributed by atoms with E-state index in [1.54, 1.807) is 14.2 Å². The Balaban J connectivity index is 1.60. The van der Waals surface area contributed by atoms with Crippen molar-refractivity contribution in [3.8, 4) is 22.8 Å². The minimum atomic E-state index is -0.0537. The lowest BCUT2D eigenvalue weighted by Crippen LogP contribution is -2.16. The van der Waals surface area contributed by atoms with Crippen LogP contribution in [-0.2, 0) is 11.2 Å². The molecule has 0 saturated carbocycles. The van der Waals surface area contributed by atoms with Crippen LogP contribution in [0.1, 0.15) is 31.0 Å². The Hall–Kier alpha value is -3.32. The SMILES string of the molecule is COc1ccc(OC)c(-c2cn3c(CC(=O)Nc4ccccc4C(C)C)csc3n2)c1. The number of aromatic nitrogens is 2. The summed E-state index contributed by atoms with van der Waals surface area (Å²) in [5.74, 6) is 1.73. The lowest BCUT2D eigenvalue weighted by molar-refractivity contribution is -0.115. The van der Waals surface area contributed by atoms with Crippen LogP contribution >= 0.6 is 11.3 Å². The van der Waals surface area contributed by atoms with Gasteiger partial charge >= 0.3 is 0 Å². The van der Waals surface area contributed by atoms with Gasteiger partial charge in [0.25, 0.3) is 0 Å². The molecular weight excluding hydrogens is 410 g/mol. The van der Waals surface area contributed by atoms with Gasteiger partial charge in [-0.15, -0.1) is 11.3 Å². The average molecular weight is 436 g/mol. The number of benzene rings is 2. The first-order valence-electron chi connectivity index (χ1n) is 10.1. The molecule has 160 valence electrons. The maximum atomic E-state index is 12.8. The minimum absolute atomic E-state index is 0.0537. The van der Waals surface area contributed by atoms with Gasteiger partial charge in [-0.25, -0.2) is 4.98 Å². The van der Waals surface area contributed by atoms with Gasteiger partial charge in [0.15, 0.2) is 4.96 Å². The monoisotopic (exact) mass is 435 g/mol. The number of carbonyl (C=O) groups excluding carboxylic acids is 1. The summed E-state index contributed by atoms with van der Waals surface area (Å²) in [5.41, 5.74) is 4.50. The Morgan fingerprint density at radius 1 is 1.16 bits per heavy atom. The number of nitrogens with one attached hydrogen (secondary N) is 1. The van der Waals surface area contributed by atoms with E-state index in [-0.39, 0.29) is 12.3 Å². The van der Waals surface area contributed by atoms with Gasteiger partial charge < -0.3 is 14.8 Å². The molecular formula is C24H25N3O3S. The Kier molecular flexibility index (Phi) is 5.95. The summed E-state index contributed by atoms with van der Waals surface area (Å²) < 4.78 is 12.8. The first-order valence-corrected chi connectivity index (χ1v) is 10.9. The van der Waals surface area contributed by atoms with Gasteiger partial charge in [-0.2, -0.15) is 0 Å². The number of methoxy groups -OCH3 is 2. The van der Waals surface area contributed by atoms with Crippen molar-refractivity contribution in [1.82, 2.24) is 9.38 Å². The van der Waals surface area contributed by atoms with E-state index < -0.39 is 0 Å². The van der Waals surface area contributed by atoms with Crippen LogP contribution in [0.25, 0.3) is 16.2 Å². The molecule has 0 unspecified atom stereocenters. The van der Waals surface area contributed by atoms with Gasteiger partial charge in [0.1, 0.15) is 11.5 Å². The predicted octanol–water partition coefficient (Wildman–Crippen LogP) is 5.38. The summed E-state index contributed by atoms with van der Waals surface area (Å²) in [6.45, 7) is 4.24. The van der Waals surface area contributed by atoms with E-state index in [9.17, 15) is 4.79 Å². The molecule has 7 heteroatoms. The standard InChI is InChI=1S/C24H25N3O3S/c1-15(2)18-7-5-6-8-20(18)25-23(28)11-16-14-31-24-26-21(13-27(16)24)19-12-17(29-3)9-10-22(19)30-4/h5-10,12-15H,11H2,1-4H3,(H,25,28). The molecule has 4 aromatic rings. The third kappa shape index (κ3) is 4.27. The van der Waals surface area contributed by atoms with Crippen molar-refractivity contribution < 1.29 is 14.3 Å². The van der Waals surface area contributed by atoms with E-state index in [0.717, 1.165) is 44.7 Å². The van der Waals surface area contributed by atoms with Crippen LogP contribution in [0.2, 0.25) is 0 Å². The van der Waals surface area contributed by atoms with Crippen molar-refractivity contribution >= 4 is 27.9 Å². The zero-order valence-corrected chi connectivity index (χ0v) is 18.8. The molecule has 0 bridgehead atoms. The summed E-state index contributed by atoms with van der Waals surface area (Å²) >= 11 is 1.51. The number of nitrogens with zero attached hydrogens (tertiary/aromatic N) is 2. The van der Waals surface area contributed by atoms with Crippen molar-refractivity contribution in [2.24, 2.45) is 0 Å². The number of para-hydroxylation sites is 1. The number of amides is 1. The van der Waals surface area contributed by atoms with Gasteiger partial charge in [0, 0.05) is 28.5 Å². The topological polar surface area (TPSA) is 64.9 Å². The highest BCUT2D eigenvalue weighted by atomic mass is 32.1. The fourth-order valence-electron chi connectivity index (χ4n) is 3.57. The number of imidazole rings is 1. The molecule has 1 amide bonds. The molecule has 0 fully saturated rings. The van der Waals surface area contributed by atoms with E-state index >= 15 is 0 Å². The van der Waals surface area contributed by atoms with Crippen LogP contribution in [0.4, 0.5) is 5.69 Å². The largest absolute Gasteiger partial charge is 0.497 e. The molecule has 0 aliphatic carbocycles. The normalized spacial score (nSPS) is 11.1. The third-order valence-electron chi connectivity index (χ3n) is 5.16. The molecule has 0 radical (unpaired) electrons. The molecule has 0 aliphatic rings. The van der Waals surface area contributed by atoms with Gasteiger partial charge in [0.2, 0.25) is 5.91 Å². The molecule has 2 heterocycles. The number of fused-ring (bicyclic) bond motifs is 1. The summed E-state index contributed by atoms with van der Waals surface area (Å²) in [7, 11) is 3.26. The molecule has 0 saturated heterocycles. The van der Waals surface area contributed by atoms with E-state index in [0.29, 0.717) is 5.92 Å². The zero-order valence-electron chi connectivity index (χ0n) is 18.0. The lowest BCUT2D eigenvalue weighted by Gasteiger charge is -2.13. The van der Waals surface area contributed by atoms with Crippen LogP contribution < -0.4 is 14.8 Å². The number of hydrogen-bond acceptors (Lipinski definition) is 5. The third-order valence-corrected chi connectivity index (χ3v) is 6.05. The number of anilines is 1. The van der Waals surface area contributed by atoms with E-state index in [4.69, 9.17) is 14.5 Å². The van der Waals surface area contributed by atoms with Crippen molar-refractivity contribution in [2.45, 2.75) is 26.2 Å². The smallest absolute Gasteiger partial charge is 0.230 e. The first-order chi connectivity index (χ1) is 15.0. The summed E-state index contributed by atoms with van der Waals surface area (Å²) in [5, 5.41) is 5.04. The summed E-state index contributed by atoms with van der Waals surface area (Å²) in [6.07, 6.45) is 2.20. The van der Waals surface area contributed by atoms with Gasteiger partial charge in [-0.05, 0) is 35.7 Å². The van der Waals surface area contributed by atoms with Gasteiger partial charge in [-0.1, -0.05) is 32.0 Å². The van der Waals surface area contributed by atoms with Crippen LogP contribution in [0.15, 0.2) is 54.0 Å². The molecule has 0 aliphatic heterocycles. The highest BCUT2D eigenvalue weighted by Gasteiger charge is 2.16. The number of hydrogen-bond donors (Lipinski definition) is 1. The summed E-state index contributed by atoms with van der Waals surface area (Å²) in [4.78, 5) is 18.3. The average Bonchev–Trinajstić information content (AvgIpc) is 3.35. The van der Waals surface area contributed by atoms with Crippen LogP contribution in [0, 0.1) is 0 Å². The fraction of sp³-hybridized carbons (Fsp3) is 0.250. The second-order valence-electron chi connectivity index (χ2n) is 7.54. The van der Waals surface area contributed by atoms with Crippen molar-refractivity contribution in [2.75, 3.05) is 19.5 Å². The van der Waals surface area contributed by atoms with Crippen molar-refractivity contribution in [1.29, 1.82) is 0 Å². The number of ether oxygens (including phenoxy) is 2. The molecule has 2 aromatic heterocycles. The second-order valence-corrected chi connectivity index (χ2v) is 8.38. The Labute approximate surface area is 185 Å². The number of carbonyl (C=O) groups is 1. The highest BCUT2D eigenvalue weighted by molar-refractivity contribution is 7.15. The molecule has 2 aromatic carbocycles. The van der Waals surface area contributed by atoms with Crippen LogP contribution in [-0.4, -0.2) is 29.5 Å². The Morgan fingerprint density at radius 2 is 1.97 bits per heavy atom. The second kappa shape index (κ2) is 8.81. The quantitative estimate of drug-likeness (QED) is 0.423.